The molecule has 122 valence electrons. The van der Waals surface area contributed by atoms with Gasteiger partial charge in [0.05, 0.1) is 12.0 Å². The summed E-state index contributed by atoms with van der Waals surface area (Å²) >= 11 is 0. The van der Waals surface area contributed by atoms with Gasteiger partial charge in [-0.3, -0.25) is 14.9 Å². The number of hydrogen-bond donors (Lipinski definition) is 1. The van der Waals surface area contributed by atoms with E-state index in [4.69, 9.17) is 4.74 Å². The van der Waals surface area contributed by atoms with Crippen LogP contribution in [0.1, 0.15) is 49.9 Å². The molecule has 1 N–H and O–H groups in total. The Balaban J connectivity index is 2.81. The number of carbonyl (C=O) groups is 1. The van der Waals surface area contributed by atoms with Crippen LogP contribution >= 0.6 is 0 Å². The van der Waals surface area contributed by atoms with Crippen molar-refractivity contribution in [3.05, 3.63) is 33.9 Å². The van der Waals surface area contributed by atoms with Gasteiger partial charge in [-0.2, -0.15) is 0 Å². The predicted molar refractivity (Wildman–Crippen MR) is 85.3 cm³/mol. The van der Waals surface area contributed by atoms with Crippen molar-refractivity contribution in [2.24, 2.45) is 5.92 Å². The molecule has 1 atom stereocenters. The third kappa shape index (κ3) is 5.02. The lowest BCUT2D eigenvalue weighted by Gasteiger charge is -2.15. The summed E-state index contributed by atoms with van der Waals surface area (Å²) in [4.78, 5) is 22.8. The summed E-state index contributed by atoms with van der Waals surface area (Å²) in [7, 11) is 1.46. The molecule has 1 aromatic carbocycles. The number of rotatable bonds is 9. The molecule has 1 amide bonds. The Bertz CT molecular complexity index is 517. The minimum atomic E-state index is -0.553. The Hall–Kier alpha value is -2.11. The van der Waals surface area contributed by atoms with E-state index in [0.717, 1.165) is 25.7 Å². The first-order valence-electron chi connectivity index (χ1n) is 7.64. The molecule has 1 aromatic rings. The number of unbranched alkanes of at least 4 members (excludes halogenated alkanes) is 1. The normalized spacial score (nSPS) is 11.8. The van der Waals surface area contributed by atoms with E-state index in [-0.39, 0.29) is 11.3 Å². The fourth-order valence-corrected chi connectivity index (χ4v) is 2.26. The molecule has 1 rings (SSSR count). The molecule has 6 nitrogen and oxygen atoms in total. The molecule has 0 aliphatic carbocycles. The van der Waals surface area contributed by atoms with Gasteiger partial charge in [-0.1, -0.05) is 33.1 Å². The Morgan fingerprint density at radius 3 is 2.68 bits per heavy atom. The number of ether oxygens (including phenoxy) is 1. The fraction of sp³-hybridized carbons (Fsp3) is 0.562. The maximum Gasteiger partial charge on any atom is 0.282 e. The highest BCUT2D eigenvalue weighted by Gasteiger charge is 2.21. The zero-order chi connectivity index (χ0) is 16.5. The highest BCUT2D eigenvalue weighted by molar-refractivity contribution is 5.98. The number of amides is 1. The number of methoxy groups -OCH3 is 1. The van der Waals surface area contributed by atoms with Crippen molar-refractivity contribution in [3.8, 4) is 5.75 Å². The van der Waals surface area contributed by atoms with E-state index in [1.165, 1.54) is 25.3 Å². The molecular formula is C16H24N2O4. The van der Waals surface area contributed by atoms with Gasteiger partial charge in [-0.25, -0.2) is 0 Å². The van der Waals surface area contributed by atoms with Gasteiger partial charge in [0.15, 0.2) is 0 Å². The van der Waals surface area contributed by atoms with Crippen LogP contribution in [0.3, 0.4) is 0 Å². The Labute approximate surface area is 131 Å². The monoisotopic (exact) mass is 308 g/mol. The lowest BCUT2D eigenvalue weighted by molar-refractivity contribution is -0.385. The maximum absolute atomic E-state index is 12.3. The quantitative estimate of drug-likeness (QED) is 0.558. The molecule has 0 aliphatic heterocycles. The van der Waals surface area contributed by atoms with E-state index in [1.54, 1.807) is 0 Å². The van der Waals surface area contributed by atoms with Crippen LogP contribution in [0, 0.1) is 16.0 Å². The third-order valence-corrected chi connectivity index (χ3v) is 3.74. The number of nitro groups is 1. The Kier molecular flexibility index (Phi) is 7.36. The Morgan fingerprint density at radius 2 is 2.14 bits per heavy atom. The number of nitrogens with zero attached hydrogens (tertiary/aromatic N) is 1. The summed E-state index contributed by atoms with van der Waals surface area (Å²) in [6.07, 6.45) is 4.26. The van der Waals surface area contributed by atoms with E-state index < -0.39 is 10.8 Å². The van der Waals surface area contributed by atoms with Crippen LogP contribution in [0.25, 0.3) is 0 Å². The van der Waals surface area contributed by atoms with Crippen molar-refractivity contribution >= 4 is 11.6 Å². The molecule has 6 heteroatoms. The summed E-state index contributed by atoms with van der Waals surface area (Å²) in [5, 5.41) is 13.9. The van der Waals surface area contributed by atoms with Crippen molar-refractivity contribution < 1.29 is 14.5 Å². The molecule has 0 radical (unpaired) electrons. The van der Waals surface area contributed by atoms with Crippen LogP contribution in [-0.2, 0) is 0 Å². The van der Waals surface area contributed by atoms with E-state index >= 15 is 0 Å². The largest absolute Gasteiger partial charge is 0.497 e. The van der Waals surface area contributed by atoms with Gasteiger partial charge in [0.25, 0.3) is 11.6 Å². The first-order valence-corrected chi connectivity index (χ1v) is 7.64. The van der Waals surface area contributed by atoms with Crippen molar-refractivity contribution in [1.29, 1.82) is 0 Å². The molecule has 0 fully saturated rings. The van der Waals surface area contributed by atoms with Gasteiger partial charge in [-0.05, 0) is 24.5 Å². The summed E-state index contributed by atoms with van der Waals surface area (Å²) in [6, 6.07) is 4.17. The summed E-state index contributed by atoms with van der Waals surface area (Å²) in [5.74, 6) is 0.392. The smallest absolute Gasteiger partial charge is 0.282 e. The number of nitro benzene ring substituents is 1. The number of nitrogens with one attached hydrogen (secondary N) is 1. The van der Waals surface area contributed by atoms with Gasteiger partial charge in [-0.15, -0.1) is 0 Å². The minimum absolute atomic E-state index is 0.0368. The molecular weight excluding hydrogens is 284 g/mol. The lowest BCUT2D eigenvalue weighted by atomic mass is 9.99. The van der Waals surface area contributed by atoms with Crippen LogP contribution in [0.2, 0.25) is 0 Å². The zero-order valence-corrected chi connectivity index (χ0v) is 13.4. The van der Waals surface area contributed by atoms with E-state index in [9.17, 15) is 14.9 Å². The van der Waals surface area contributed by atoms with Crippen LogP contribution in [-0.4, -0.2) is 24.5 Å². The standard InChI is InChI=1S/C16H24N2O4/c1-4-6-7-12(5-2)11-17-16(19)14-10-13(22-3)8-9-15(14)18(20)21/h8-10,12H,4-7,11H2,1-3H3,(H,17,19). The lowest BCUT2D eigenvalue weighted by Crippen LogP contribution is -2.29. The molecule has 0 saturated carbocycles. The Morgan fingerprint density at radius 1 is 1.41 bits per heavy atom. The van der Waals surface area contributed by atoms with Crippen LogP contribution in [0.5, 0.6) is 5.75 Å². The van der Waals surface area contributed by atoms with E-state index in [2.05, 4.69) is 19.2 Å². The summed E-state index contributed by atoms with van der Waals surface area (Å²) in [5.41, 5.74) is -0.172. The highest BCUT2D eigenvalue weighted by atomic mass is 16.6. The van der Waals surface area contributed by atoms with Gasteiger partial charge in [0, 0.05) is 12.6 Å². The number of carbonyl (C=O) groups excluding carboxylic acids is 1. The summed E-state index contributed by atoms with van der Waals surface area (Å²) in [6.45, 7) is 4.75. The predicted octanol–water partition coefficient (Wildman–Crippen LogP) is 3.55. The van der Waals surface area contributed by atoms with Gasteiger partial charge >= 0.3 is 0 Å². The van der Waals surface area contributed by atoms with Crippen LogP contribution in [0.15, 0.2) is 18.2 Å². The molecule has 0 aliphatic rings. The fourth-order valence-electron chi connectivity index (χ4n) is 2.26. The molecule has 22 heavy (non-hydrogen) atoms. The first-order chi connectivity index (χ1) is 10.5. The molecule has 0 saturated heterocycles. The van der Waals surface area contributed by atoms with E-state index in [1.807, 2.05) is 0 Å². The van der Waals surface area contributed by atoms with Crippen LogP contribution < -0.4 is 10.1 Å². The van der Waals surface area contributed by atoms with E-state index in [0.29, 0.717) is 18.2 Å². The second-order valence-electron chi connectivity index (χ2n) is 5.27. The molecule has 0 spiro atoms. The van der Waals surface area contributed by atoms with Crippen molar-refractivity contribution in [2.45, 2.75) is 39.5 Å². The SMILES string of the molecule is CCCCC(CC)CNC(=O)c1cc(OC)ccc1[N+](=O)[O-]. The second-order valence-corrected chi connectivity index (χ2v) is 5.27. The topological polar surface area (TPSA) is 81.5 Å². The molecule has 0 bridgehead atoms. The molecule has 1 unspecified atom stereocenters. The average Bonchev–Trinajstić information content (AvgIpc) is 2.54. The highest BCUT2D eigenvalue weighted by Crippen LogP contribution is 2.24. The van der Waals surface area contributed by atoms with Crippen LogP contribution in [0.4, 0.5) is 5.69 Å². The zero-order valence-electron chi connectivity index (χ0n) is 13.4. The average molecular weight is 308 g/mol. The van der Waals surface area contributed by atoms with Gasteiger partial charge < -0.3 is 10.1 Å². The van der Waals surface area contributed by atoms with Crippen molar-refractivity contribution in [2.75, 3.05) is 13.7 Å². The van der Waals surface area contributed by atoms with Crippen molar-refractivity contribution in [1.82, 2.24) is 5.32 Å². The third-order valence-electron chi connectivity index (χ3n) is 3.74. The second kappa shape index (κ2) is 9.02. The molecule has 0 aromatic heterocycles. The van der Waals surface area contributed by atoms with Gasteiger partial charge in [0.1, 0.15) is 11.3 Å². The first kappa shape index (κ1) is 17.9. The van der Waals surface area contributed by atoms with Gasteiger partial charge in [0.2, 0.25) is 0 Å². The summed E-state index contributed by atoms with van der Waals surface area (Å²) < 4.78 is 5.04. The maximum atomic E-state index is 12.3. The van der Waals surface area contributed by atoms with Crippen molar-refractivity contribution in [3.63, 3.8) is 0 Å². The molecule has 0 heterocycles. The minimum Gasteiger partial charge on any atom is -0.497 e. The number of benzene rings is 1. The number of hydrogen-bond acceptors (Lipinski definition) is 4.